The highest BCUT2D eigenvalue weighted by Crippen LogP contribution is 2.10. The van der Waals surface area contributed by atoms with Crippen LogP contribution < -0.4 is 5.32 Å². The number of hydrogen-bond donors (Lipinski definition) is 1. The van der Waals surface area contributed by atoms with E-state index in [0.717, 1.165) is 19.0 Å². The fraction of sp³-hybridized carbons (Fsp3) is 0.714. The van der Waals surface area contributed by atoms with Gasteiger partial charge in [-0.3, -0.25) is 0 Å². The predicted octanol–water partition coefficient (Wildman–Crippen LogP) is 1.17. The van der Waals surface area contributed by atoms with Gasteiger partial charge in [0.2, 0.25) is 0 Å². The molecule has 0 atom stereocenters. The van der Waals surface area contributed by atoms with Crippen molar-refractivity contribution in [3.8, 4) is 0 Å². The molecule has 0 saturated carbocycles. The summed E-state index contributed by atoms with van der Waals surface area (Å²) >= 11 is 0. The van der Waals surface area contributed by atoms with Crippen molar-refractivity contribution in [1.82, 2.24) is 5.32 Å². The van der Waals surface area contributed by atoms with E-state index < -0.39 is 0 Å². The molecule has 0 spiro atoms. The molecular formula is C7H13N. The zero-order chi connectivity index (χ0) is 5.98. The smallest absolute Gasteiger partial charge is 0.0170 e. The van der Waals surface area contributed by atoms with E-state index in [2.05, 4.69) is 25.2 Å². The zero-order valence-electron chi connectivity index (χ0n) is 5.57. The summed E-state index contributed by atoms with van der Waals surface area (Å²) in [6.07, 6.45) is 2.28. The van der Waals surface area contributed by atoms with Crippen molar-refractivity contribution in [2.45, 2.75) is 13.8 Å². The van der Waals surface area contributed by atoms with Crippen molar-refractivity contribution in [3.05, 3.63) is 11.6 Å². The molecule has 0 aromatic heterocycles. The number of rotatable bonds is 1. The van der Waals surface area contributed by atoms with E-state index in [1.165, 1.54) is 0 Å². The second-order valence-electron chi connectivity index (χ2n) is 2.56. The van der Waals surface area contributed by atoms with Crippen LogP contribution in [-0.2, 0) is 0 Å². The lowest BCUT2D eigenvalue weighted by atomic mass is 10.1. The molecule has 0 saturated heterocycles. The molecule has 0 amide bonds. The van der Waals surface area contributed by atoms with E-state index in [1.54, 1.807) is 5.57 Å². The van der Waals surface area contributed by atoms with Gasteiger partial charge in [0, 0.05) is 13.1 Å². The van der Waals surface area contributed by atoms with Gasteiger partial charge >= 0.3 is 0 Å². The van der Waals surface area contributed by atoms with Crippen LogP contribution in [0.3, 0.4) is 0 Å². The van der Waals surface area contributed by atoms with Gasteiger partial charge in [0.05, 0.1) is 0 Å². The van der Waals surface area contributed by atoms with Gasteiger partial charge in [-0.1, -0.05) is 25.5 Å². The van der Waals surface area contributed by atoms with Crippen molar-refractivity contribution in [2.24, 2.45) is 5.92 Å². The molecule has 1 N–H and O–H groups in total. The van der Waals surface area contributed by atoms with Crippen LogP contribution in [0.2, 0.25) is 0 Å². The van der Waals surface area contributed by atoms with E-state index in [9.17, 15) is 0 Å². The second-order valence-corrected chi connectivity index (χ2v) is 2.56. The average molecular weight is 111 g/mol. The minimum absolute atomic E-state index is 0.741. The summed E-state index contributed by atoms with van der Waals surface area (Å²) in [5.74, 6) is 0.741. The third-order valence-electron chi connectivity index (χ3n) is 1.58. The van der Waals surface area contributed by atoms with E-state index in [1.807, 2.05) is 0 Å². The maximum Gasteiger partial charge on any atom is 0.0170 e. The molecule has 1 heteroatoms. The molecule has 0 unspecified atom stereocenters. The number of hydrogen-bond acceptors (Lipinski definition) is 1. The Morgan fingerprint density at radius 3 is 2.62 bits per heavy atom. The summed E-state index contributed by atoms with van der Waals surface area (Å²) < 4.78 is 0. The van der Waals surface area contributed by atoms with Crippen molar-refractivity contribution < 1.29 is 0 Å². The molecule has 1 aliphatic heterocycles. The molecule has 0 radical (unpaired) electrons. The Bertz CT molecular complexity index is 103. The largest absolute Gasteiger partial charge is 0.310 e. The molecule has 1 heterocycles. The molecule has 0 fully saturated rings. The first-order chi connectivity index (χ1) is 3.80. The summed E-state index contributed by atoms with van der Waals surface area (Å²) in [5.41, 5.74) is 1.56. The van der Waals surface area contributed by atoms with E-state index in [4.69, 9.17) is 0 Å². The highest BCUT2D eigenvalue weighted by molar-refractivity contribution is 5.12. The Labute approximate surface area is 50.8 Å². The quantitative estimate of drug-likeness (QED) is 0.501. The summed E-state index contributed by atoms with van der Waals surface area (Å²) in [6, 6.07) is 0. The normalized spacial score (nSPS) is 19.6. The minimum Gasteiger partial charge on any atom is -0.310 e. The maximum atomic E-state index is 3.26. The first-order valence-corrected chi connectivity index (χ1v) is 3.20. The summed E-state index contributed by atoms with van der Waals surface area (Å²) in [4.78, 5) is 0. The molecule has 46 valence electrons. The van der Waals surface area contributed by atoms with Gasteiger partial charge in [-0.25, -0.2) is 0 Å². The van der Waals surface area contributed by atoms with Crippen LogP contribution in [0.15, 0.2) is 11.6 Å². The van der Waals surface area contributed by atoms with Gasteiger partial charge in [-0.15, -0.1) is 0 Å². The molecule has 1 rings (SSSR count). The first kappa shape index (κ1) is 5.83. The molecule has 0 bridgehead atoms. The molecule has 0 aromatic carbocycles. The van der Waals surface area contributed by atoms with Crippen LogP contribution >= 0.6 is 0 Å². The Hall–Kier alpha value is -0.300. The van der Waals surface area contributed by atoms with Gasteiger partial charge in [0.15, 0.2) is 0 Å². The Balaban J connectivity index is 2.45. The monoisotopic (exact) mass is 111 g/mol. The highest BCUT2D eigenvalue weighted by Gasteiger charge is 2.05. The summed E-state index contributed by atoms with van der Waals surface area (Å²) in [7, 11) is 0. The third-order valence-corrected chi connectivity index (χ3v) is 1.58. The van der Waals surface area contributed by atoms with Gasteiger partial charge < -0.3 is 5.32 Å². The molecular weight excluding hydrogens is 98.1 g/mol. The Morgan fingerprint density at radius 1 is 1.62 bits per heavy atom. The van der Waals surface area contributed by atoms with Crippen molar-refractivity contribution in [1.29, 1.82) is 0 Å². The van der Waals surface area contributed by atoms with Crippen molar-refractivity contribution in [2.75, 3.05) is 13.1 Å². The Morgan fingerprint density at radius 2 is 2.38 bits per heavy atom. The average Bonchev–Trinajstić information content (AvgIpc) is 2.12. The minimum atomic E-state index is 0.741. The van der Waals surface area contributed by atoms with Gasteiger partial charge in [-0.05, 0) is 5.92 Å². The Kier molecular flexibility index (Phi) is 1.69. The fourth-order valence-electron chi connectivity index (χ4n) is 0.932. The van der Waals surface area contributed by atoms with Crippen LogP contribution in [0.4, 0.5) is 0 Å². The standard InChI is InChI=1S/C7H13N/c1-6(2)7-3-4-8-5-7/h3,6,8H,4-5H2,1-2H3. The van der Waals surface area contributed by atoms with Gasteiger partial charge in [0.25, 0.3) is 0 Å². The lowest BCUT2D eigenvalue weighted by Crippen LogP contribution is -2.09. The van der Waals surface area contributed by atoms with E-state index in [-0.39, 0.29) is 0 Å². The maximum absolute atomic E-state index is 3.26. The van der Waals surface area contributed by atoms with Crippen molar-refractivity contribution >= 4 is 0 Å². The topological polar surface area (TPSA) is 12.0 Å². The molecule has 8 heavy (non-hydrogen) atoms. The highest BCUT2D eigenvalue weighted by atomic mass is 14.9. The molecule has 1 nitrogen and oxygen atoms in total. The van der Waals surface area contributed by atoms with Crippen LogP contribution in [0.1, 0.15) is 13.8 Å². The third kappa shape index (κ3) is 1.10. The van der Waals surface area contributed by atoms with Gasteiger partial charge in [0.1, 0.15) is 0 Å². The van der Waals surface area contributed by atoms with E-state index >= 15 is 0 Å². The lowest BCUT2D eigenvalue weighted by Gasteiger charge is -2.02. The SMILES string of the molecule is CC(C)C1=CCNC1. The van der Waals surface area contributed by atoms with Crippen LogP contribution in [0.5, 0.6) is 0 Å². The number of nitrogens with one attached hydrogen (secondary N) is 1. The molecule has 0 aliphatic carbocycles. The van der Waals surface area contributed by atoms with Crippen LogP contribution in [0.25, 0.3) is 0 Å². The zero-order valence-corrected chi connectivity index (χ0v) is 5.57. The van der Waals surface area contributed by atoms with Gasteiger partial charge in [-0.2, -0.15) is 0 Å². The van der Waals surface area contributed by atoms with Crippen molar-refractivity contribution in [3.63, 3.8) is 0 Å². The predicted molar refractivity (Wildman–Crippen MR) is 35.8 cm³/mol. The van der Waals surface area contributed by atoms with Crippen LogP contribution in [-0.4, -0.2) is 13.1 Å². The fourth-order valence-corrected chi connectivity index (χ4v) is 0.932. The summed E-state index contributed by atoms with van der Waals surface area (Å²) in [6.45, 7) is 6.66. The second kappa shape index (κ2) is 2.31. The molecule has 0 aromatic rings. The van der Waals surface area contributed by atoms with Crippen LogP contribution in [0, 0.1) is 5.92 Å². The lowest BCUT2D eigenvalue weighted by molar-refractivity contribution is 0.730. The summed E-state index contributed by atoms with van der Waals surface area (Å²) in [5, 5.41) is 3.26. The molecule has 1 aliphatic rings. The van der Waals surface area contributed by atoms with E-state index in [0.29, 0.717) is 0 Å². The first-order valence-electron chi connectivity index (χ1n) is 3.20.